The van der Waals surface area contributed by atoms with Crippen molar-refractivity contribution >= 4 is 5.69 Å². The van der Waals surface area contributed by atoms with Crippen LogP contribution in [0.3, 0.4) is 0 Å². The van der Waals surface area contributed by atoms with E-state index in [2.05, 4.69) is 44.8 Å². The molecule has 1 heterocycles. The van der Waals surface area contributed by atoms with Crippen molar-refractivity contribution in [3.63, 3.8) is 0 Å². The number of hydrogen-bond acceptors (Lipinski definition) is 2. The summed E-state index contributed by atoms with van der Waals surface area (Å²) < 4.78 is 13.1. The van der Waals surface area contributed by atoms with Crippen molar-refractivity contribution in [3.8, 4) is 0 Å². The van der Waals surface area contributed by atoms with Gasteiger partial charge in [0.2, 0.25) is 0 Å². The number of rotatable bonds is 2. The van der Waals surface area contributed by atoms with Crippen LogP contribution >= 0.6 is 0 Å². The third-order valence-electron chi connectivity index (χ3n) is 4.33. The predicted octanol–water partition coefficient (Wildman–Crippen LogP) is 3.67. The molecular formula is C17H27FN2. The highest BCUT2D eigenvalue weighted by molar-refractivity contribution is 5.48. The Labute approximate surface area is 122 Å². The van der Waals surface area contributed by atoms with Crippen LogP contribution < -0.4 is 10.2 Å². The van der Waals surface area contributed by atoms with Gasteiger partial charge in [-0.25, -0.2) is 4.39 Å². The molecule has 2 atom stereocenters. The summed E-state index contributed by atoms with van der Waals surface area (Å²) in [5.41, 5.74) is 1.35. The van der Waals surface area contributed by atoms with E-state index in [-0.39, 0.29) is 11.2 Å². The molecule has 1 fully saturated rings. The second-order valence-corrected chi connectivity index (χ2v) is 7.27. The van der Waals surface area contributed by atoms with Crippen LogP contribution in [0.1, 0.15) is 34.6 Å². The molecule has 0 radical (unpaired) electrons. The Bertz CT molecular complexity index is 433. The van der Waals surface area contributed by atoms with Crippen LogP contribution in [0.4, 0.5) is 10.1 Å². The van der Waals surface area contributed by atoms with Gasteiger partial charge in [0, 0.05) is 30.9 Å². The summed E-state index contributed by atoms with van der Waals surface area (Å²) in [4.78, 5) is 2.44. The average Bonchev–Trinajstić information content (AvgIpc) is 2.37. The van der Waals surface area contributed by atoms with Crippen molar-refractivity contribution in [2.24, 2.45) is 11.3 Å². The largest absolute Gasteiger partial charge is 0.365 e. The number of anilines is 1. The summed E-state index contributed by atoms with van der Waals surface area (Å²) in [5, 5.41) is 3.69. The standard InChI is InChI=1S/C17H27FN2/c1-12(2)15-10-19-16(17(3,4)5)11-20(15)14-8-6-13(18)7-9-14/h6-9,12,15-16,19H,10-11H2,1-5H3. The SMILES string of the molecule is CC(C)C1CNC(C(C)(C)C)CN1c1ccc(F)cc1. The number of benzene rings is 1. The van der Waals surface area contributed by atoms with E-state index in [0.717, 1.165) is 18.8 Å². The molecule has 0 aromatic heterocycles. The molecule has 2 rings (SSSR count). The van der Waals surface area contributed by atoms with E-state index in [4.69, 9.17) is 0 Å². The molecule has 1 aromatic rings. The Kier molecular flexibility index (Phi) is 4.38. The van der Waals surface area contributed by atoms with Gasteiger partial charge < -0.3 is 10.2 Å². The van der Waals surface area contributed by atoms with Gasteiger partial charge in [-0.3, -0.25) is 0 Å². The van der Waals surface area contributed by atoms with Crippen LogP contribution in [-0.4, -0.2) is 25.2 Å². The van der Waals surface area contributed by atoms with Crippen LogP contribution in [0.15, 0.2) is 24.3 Å². The minimum atomic E-state index is -0.169. The van der Waals surface area contributed by atoms with Gasteiger partial charge in [-0.15, -0.1) is 0 Å². The van der Waals surface area contributed by atoms with Crippen molar-refractivity contribution in [1.29, 1.82) is 0 Å². The first kappa shape index (κ1) is 15.3. The zero-order chi connectivity index (χ0) is 14.9. The molecule has 2 nitrogen and oxygen atoms in total. The molecule has 0 saturated carbocycles. The van der Waals surface area contributed by atoms with Crippen molar-refractivity contribution < 1.29 is 4.39 Å². The summed E-state index contributed by atoms with van der Waals surface area (Å²) in [6.45, 7) is 13.3. The van der Waals surface area contributed by atoms with Crippen LogP contribution in [0, 0.1) is 17.2 Å². The lowest BCUT2D eigenvalue weighted by atomic mass is 9.83. The molecule has 0 bridgehead atoms. The van der Waals surface area contributed by atoms with Gasteiger partial charge in [-0.2, -0.15) is 0 Å². The van der Waals surface area contributed by atoms with E-state index in [0.29, 0.717) is 18.0 Å². The molecule has 1 N–H and O–H groups in total. The Morgan fingerprint density at radius 2 is 1.80 bits per heavy atom. The van der Waals surface area contributed by atoms with Crippen LogP contribution in [0.5, 0.6) is 0 Å². The Hall–Kier alpha value is -1.09. The molecule has 0 spiro atoms. The molecule has 3 heteroatoms. The third kappa shape index (κ3) is 3.32. The molecule has 1 aliphatic heterocycles. The van der Waals surface area contributed by atoms with Gasteiger partial charge in [0.1, 0.15) is 5.82 Å². The monoisotopic (exact) mass is 278 g/mol. The maximum absolute atomic E-state index is 13.1. The van der Waals surface area contributed by atoms with E-state index in [1.165, 1.54) is 0 Å². The van der Waals surface area contributed by atoms with E-state index in [9.17, 15) is 4.39 Å². The van der Waals surface area contributed by atoms with Gasteiger partial charge in [-0.05, 0) is 35.6 Å². The lowest BCUT2D eigenvalue weighted by molar-refractivity contribution is 0.221. The lowest BCUT2D eigenvalue weighted by Crippen LogP contribution is -2.62. The predicted molar refractivity (Wildman–Crippen MR) is 83.6 cm³/mol. The molecule has 1 saturated heterocycles. The van der Waals surface area contributed by atoms with Gasteiger partial charge in [0.25, 0.3) is 0 Å². The maximum atomic E-state index is 13.1. The normalized spacial score (nSPS) is 24.2. The molecule has 2 unspecified atom stereocenters. The fourth-order valence-electron chi connectivity index (χ4n) is 2.87. The zero-order valence-corrected chi connectivity index (χ0v) is 13.3. The van der Waals surface area contributed by atoms with E-state index in [1.807, 2.05) is 12.1 Å². The Morgan fingerprint density at radius 3 is 2.30 bits per heavy atom. The van der Waals surface area contributed by atoms with Gasteiger partial charge in [0.05, 0.1) is 0 Å². The second-order valence-electron chi connectivity index (χ2n) is 7.27. The molecule has 0 amide bonds. The minimum absolute atomic E-state index is 0.169. The number of hydrogen-bond donors (Lipinski definition) is 1. The fourth-order valence-corrected chi connectivity index (χ4v) is 2.87. The van der Waals surface area contributed by atoms with E-state index < -0.39 is 0 Å². The first-order valence-corrected chi connectivity index (χ1v) is 7.54. The van der Waals surface area contributed by atoms with Crippen LogP contribution in [-0.2, 0) is 0 Å². The number of nitrogens with zero attached hydrogens (tertiary/aromatic N) is 1. The number of halogens is 1. The number of piperazine rings is 1. The zero-order valence-electron chi connectivity index (χ0n) is 13.3. The van der Waals surface area contributed by atoms with Crippen LogP contribution in [0.2, 0.25) is 0 Å². The first-order valence-electron chi connectivity index (χ1n) is 7.54. The molecule has 20 heavy (non-hydrogen) atoms. The first-order chi connectivity index (χ1) is 9.29. The van der Waals surface area contributed by atoms with Crippen LogP contribution in [0.25, 0.3) is 0 Å². The van der Waals surface area contributed by atoms with Crippen molar-refractivity contribution in [2.45, 2.75) is 46.7 Å². The van der Waals surface area contributed by atoms with Crippen molar-refractivity contribution in [1.82, 2.24) is 5.32 Å². The molecule has 1 aliphatic rings. The highest BCUT2D eigenvalue weighted by atomic mass is 19.1. The fraction of sp³-hybridized carbons (Fsp3) is 0.647. The Balaban J connectivity index is 2.25. The quantitative estimate of drug-likeness (QED) is 0.888. The van der Waals surface area contributed by atoms with E-state index >= 15 is 0 Å². The highest BCUT2D eigenvalue weighted by Crippen LogP contribution is 2.29. The summed E-state index contributed by atoms with van der Waals surface area (Å²) in [5.74, 6) is 0.394. The summed E-state index contributed by atoms with van der Waals surface area (Å²) in [7, 11) is 0. The van der Waals surface area contributed by atoms with Gasteiger partial charge in [-0.1, -0.05) is 34.6 Å². The topological polar surface area (TPSA) is 15.3 Å². The third-order valence-corrected chi connectivity index (χ3v) is 4.33. The van der Waals surface area contributed by atoms with E-state index in [1.54, 1.807) is 12.1 Å². The molecule has 0 aliphatic carbocycles. The highest BCUT2D eigenvalue weighted by Gasteiger charge is 2.35. The molecule has 112 valence electrons. The lowest BCUT2D eigenvalue weighted by Gasteiger charge is -2.47. The molecule has 1 aromatic carbocycles. The summed E-state index contributed by atoms with van der Waals surface area (Å²) in [6, 6.07) is 7.81. The number of nitrogens with one attached hydrogen (secondary N) is 1. The van der Waals surface area contributed by atoms with Gasteiger partial charge in [0.15, 0.2) is 0 Å². The second kappa shape index (κ2) is 5.72. The maximum Gasteiger partial charge on any atom is 0.123 e. The average molecular weight is 278 g/mol. The van der Waals surface area contributed by atoms with Gasteiger partial charge >= 0.3 is 0 Å². The smallest absolute Gasteiger partial charge is 0.123 e. The molecular weight excluding hydrogens is 251 g/mol. The Morgan fingerprint density at radius 1 is 1.20 bits per heavy atom. The minimum Gasteiger partial charge on any atom is -0.365 e. The van der Waals surface area contributed by atoms with Crippen molar-refractivity contribution in [2.75, 3.05) is 18.0 Å². The van der Waals surface area contributed by atoms with Crippen molar-refractivity contribution in [3.05, 3.63) is 30.1 Å². The summed E-state index contributed by atoms with van der Waals surface area (Å²) >= 11 is 0. The summed E-state index contributed by atoms with van der Waals surface area (Å²) in [6.07, 6.45) is 0.